The number of nitrogens with one attached hydrogen (secondary N) is 1. The molecule has 1 aromatic heterocycles. The number of nitrogens with two attached hydrogens (primary N) is 1. The van der Waals surface area contributed by atoms with E-state index >= 15 is 0 Å². The first-order valence-electron chi connectivity index (χ1n) is 6.26. The fourth-order valence-corrected chi connectivity index (χ4v) is 2.53. The minimum absolute atomic E-state index is 0.00202. The second-order valence-electron chi connectivity index (χ2n) is 4.13. The zero-order valence-corrected chi connectivity index (χ0v) is 12.1. The van der Waals surface area contributed by atoms with Crippen LogP contribution in [0.25, 0.3) is 0 Å². The van der Waals surface area contributed by atoms with Crippen LogP contribution in [0.3, 0.4) is 0 Å². The number of anilines is 1. The van der Waals surface area contributed by atoms with Crippen LogP contribution in [-0.2, 0) is 16.1 Å². The quantitative estimate of drug-likeness (QED) is 0.693. The molecule has 0 saturated carbocycles. The zero-order chi connectivity index (χ0) is 14.3. The first-order valence-corrected chi connectivity index (χ1v) is 7.14. The number of rotatable bonds is 8. The summed E-state index contributed by atoms with van der Waals surface area (Å²) in [6.07, 6.45) is 1.12. The Balaban J connectivity index is 2.38. The maximum Gasteiger partial charge on any atom is 0.225 e. The van der Waals surface area contributed by atoms with Crippen molar-refractivity contribution in [1.29, 1.82) is 0 Å². The maximum atomic E-state index is 11.4. The van der Waals surface area contributed by atoms with Gasteiger partial charge in [-0.1, -0.05) is 0 Å². The summed E-state index contributed by atoms with van der Waals surface area (Å²) >= 11 is 1.46. The van der Waals surface area contributed by atoms with E-state index in [0.717, 1.165) is 23.8 Å². The van der Waals surface area contributed by atoms with Gasteiger partial charge in [0.1, 0.15) is 0 Å². The lowest BCUT2D eigenvalue weighted by atomic mass is 10.3. The largest absolute Gasteiger partial charge is 0.370 e. The highest BCUT2D eigenvalue weighted by molar-refractivity contribution is 7.14. The van der Waals surface area contributed by atoms with E-state index < -0.39 is 0 Å². The molecule has 3 N–H and O–H groups in total. The molecule has 106 valence electrons. The molecule has 2 amide bonds. The van der Waals surface area contributed by atoms with E-state index in [0.29, 0.717) is 19.5 Å². The van der Waals surface area contributed by atoms with Crippen molar-refractivity contribution in [3.05, 3.63) is 11.1 Å². The van der Waals surface area contributed by atoms with Gasteiger partial charge in [0.2, 0.25) is 11.8 Å². The standard InChI is InChI=1S/C12H20N4O2S/c1-3-16(9(2)17)12-15-10(8-19-12)7-14-6-4-5-11(13)18/h8,14H,3-7H2,1-2H3,(H2,13,18). The highest BCUT2D eigenvalue weighted by Crippen LogP contribution is 2.20. The molecule has 0 aliphatic heterocycles. The van der Waals surface area contributed by atoms with Crippen molar-refractivity contribution >= 4 is 28.3 Å². The molecule has 0 atom stereocenters. The Hall–Kier alpha value is -1.47. The van der Waals surface area contributed by atoms with E-state index in [4.69, 9.17) is 5.73 Å². The molecule has 1 heterocycles. The Labute approximate surface area is 117 Å². The molecule has 0 aliphatic carbocycles. The van der Waals surface area contributed by atoms with Crippen molar-refractivity contribution < 1.29 is 9.59 Å². The topological polar surface area (TPSA) is 88.3 Å². The van der Waals surface area contributed by atoms with Gasteiger partial charge in [-0.3, -0.25) is 14.5 Å². The monoisotopic (exact) mass is 284 g/mol. The molecule has 0 radical (unpaired) electrons. The van der Waals surface area contributed by atoms with E-state index in [1.165, 1.54) is 18.3 Å². The van der Waals surface area contributed by atoms with Gasteiger partial charge in [0.25, 0.3) is 0 Å². The van der Waals surface area contributed by atoms with Crippen LogP contribution < -0.4 is 16.0 Å². The lowest BCUT2D eigenvalue weighted by Crippen LogP contribution is -2.27. The average molecular weight is 284 g/mol. The normalized spacial score (nSPS) is 10.4. The SMILES string of the molecule is CCN(C(C)=O)c1nc(CNCCCC(N)=O)cs1. The molecule has 1 rings (SSSR count). The van der Waals surface area contributed by atoms with Crippen molar-refractivity contribution in [2.24, 2.45) is 5.73 Å². The van der Waals surface area contributed by atoms with E-state index in [9.17, 15) is 9.59 Å². The van der Waals surface area contributed by atoms with Crippen molar-refractivity contribution in [2.75, 3.05) is 18.0 Å². The fourth-order valence-electron chi connectivity index (χ4n) is 1.60. The van der Waals surface area contributed by atoms with Gasteiger partial charge in [-0.15, -0.1) is 11.3 Å². The van der Waals surface area contributed by atoms with Gasteiger partial charge >= 0.3 is 0 Å². The summed E-state index contributed by atoms with van der Waals surface area (Å²) in [6.45, 7) is 5.43. The third-order valence-electron chi connectivity index (χ3n) is 2.55. The van der Waals surface area contributed by atoms with Gasteiger partial charge in [-0.25, -0.2) is 4.98 Å². The minimum atomic E-state index is -0.280. The van der Waals surface area contributed by atoms with Gasteiger partial charge < -0.3 is 11.1 Å². The third-order valence-corrected chi connectivity index (χ3v) is 3.46. The lowest BCUT2D eigenvalue weighted by molar-refractivity contribution is -0.118. The minimum Gasteiger partial charge on any atom is -0.370 e. The van der Waals surface area contributed by atoms with Gasteiger partial charge in [-0.05, 0) is 19.9 Å². The maximum absolute atomic E-state index is 11.4. The van der Waals surface area contributed by atoms with E-state index in [-0.39, 0.29) is 11.8 Å². The van der Waals surface area contributed by atoms with Crippen LogP contribution in [0.5, 0.6) is 0 Å². The molecule has 0 saturated heterocycles. The van der Waals surface area contributed by atoms with Gasteiger partial charge in [0.15, 0.2) is 5.13 Å². The molecule has 0 unspecified atom stereocenters. The number of carbonyl (C=O) groups is 2. The highest BCUT2D eigenvalue weighted by atomic mass is 32.1. The Morgan fingerprint density at radius 3 is 2.84 bits per heavy atom. The fraction of sp³-hybridized carbons (Fsp3) is 0.583. The molecule has 19 heavy (non-hydrogen) atoms. The average Bonchev–Trinajstić information content (AvgIpc) is 2.77. The Bertz CT molecular complexity index is 433. The molecular formula is C12H20N4O2S. The molecule has 0 aromatic carbocycles. The van der Waals surface area contributed by atoms with E-state index in [1.807, 2.05) is 12.3 Å². The van der Waals surface area contributed by atoms with Crippen molar-refractivity contribution in [3.8, 4) is 0 Å². The van der Waals surface area contributed by atoms with Gasteiger partial charge in [0, 0.05) is 31.8 Å². The third kappa shape index (κ3) is 5.35. The van der Waals surface area contributed by atoms with Crippen LogP contribution in [0.15, 0.2) is 5.38 Å². The van der Waals surface area contributed by atoms with E-state index in [2.05, 4.69) is 10.3 Å². The number of thiazole rings is 1. The molecule has 0 aliphatic rings. The Morgan fingerprint density at radius 1 is 1.53 bits per heavy atom. The first kappa shape index (κ1) is 15.6. The Kier molecular flexibility index (Phi) is 6.44. The summed E-state index contributed by atoms with van der Waals surface area (Å²) in [5.41, 5.74) is 5.95. The van der Waals surface area contributed by atoms with Crippen LogP contribution in [0.4, 0.5) is 5.13 Å². The molecule has 0 spiro atoms. The van der Waals surface area contributed by atoms with Crippen LogP contribution in [0.2, 0.25) is 0 Å². The van der Waals surface area contributed by atoms with Crippen molar-refractivity contribution in [1.82, 2.24) is 10.3 Å². The molecule has 1 aromatic rings. The number of nitrogens with zero attached hydrogens (tertiary/aromatic N) is 2. The number of aromatic nitrogens is 1. The predicted octanol–water partition coefficient (Wildman–Crippen LogP) is 0.871. The molecule has 6 nitrogen and oxygen atoms in total. The summed E-state index contributed by atoms with van der Waals surface area (Å²) < 4.78 is 0. The van der Waals surface area contributed by atoms with Gasteiger partial charge in [0.05, 0.1) is 5.69 Å². The molecular weight excluding hydrogens is 264 g/mol. The van der Waals surface area contributed by atoms with Crippen LogP contribution >= 0.6 is 11.3 Å². The van der Waals surface area contributed by atoms with Crippen molar-refractivity contribution in [3.63, 3.8) is 0 Å². The Morgan fingerprint density at radius 2 is 2.26 bits per heavy atom. The smallest absolute Gasteiger partial charge is 0.225 e. The molecule has 0 bridgehead atoms. The second kappa shape index (κ2) is 7.85. The summed E-state index contributed by atoms with van der Waals surface area (Å²) in [5.74, 6) is -0.282. The number of primary amides is 1. The predicted molar refractivity (Wildman–Crippen MR) is 76.0 cm³/mol. The number of amides is 2. The van der Waals surface area contributed by atoms with Crippen LogP contribution in [0, 0.1) is 0 Å². The molecule has 7 heteroatoms. The summed E-state index contributed by atoms with van der Waals surface area (Å²) in [4.78, 5) is 28.0. The number of hydrogen-bond donors (Lipinski definition) is 2. The summed E-state index contributed by atoms with van der Waals surface area (Å²) in [5, 5.41) is 5.85. The zero-order valence-electron chi connectivity index (χ0n) is 11.3. The number of carbonyl (C=O) groups excluding carboxylic acids is 2. The van der Waals surface area contributed by atoms with Crippen LogP contribution in [-0.4, -0.2) is 29.9 Å². The molecule has 0 fully saturated rings. The summed E-state index contributed by atoms with van der Waals surface area (Å²) in [7, 11) is 0. The first-order chi connectivity index (χ1) is 9.04. The van der Waals surface area contributed by atoms with E-state index in [1.54, 1.807) is 4.90 Å². The number of hydrogen-bond acceptors (Lipinski definition) is 5. The van der Waals surface area contributed by atoms with Crippen molar-refractivity contribution in [2.45, 2.75) is 33.2 Å². The summed E-state index contributed by atoms with van der Waals surface area (Å²) in [6, 6.07) is 0. The van der Waals surface area contributed by atoms with Crippen LogP contribution in [0.1, 0.15) is 32.4 Å². The second-order valence-corrected chi connectivity index (χ2v) is 4.97. The van der Waals surface area contributed by atoms with Gasteiger partial charge in [-0.2, -0.15) is 0 Å². The lowest BCUT2D eigenvalue weighted by Gasteiger charge is -2.14. The highest BCUT2D eigenvalue weighted by Gasteiger charge is 2.12.